The molecule has 0 saturated carbocycles. The molecule has 108 valence electrons. The van der Waals surface area contributed by atoms with Gasteiger partial charge in [-0.15, -0.1) is 0 Å². The van der Waals surface area contributed by atoms with Crippen LogP contribution in [0.5, 0.6) is 0 Å². The Kier molecular flexibility index (Phi) is 4.83. The van der Waals surface area contributed by atoms with E-state index in [9.17, 15) is 9.90 Å². The van der Waals surface area contributed by atoms with E-state index in [1.54, 1.807) is 13.0 Å². The molecule has 0 saturated heterocycles. The highest BCUT2D eigenvalue weighted by Gasteiger charge is 2.05. The van der Waals surface area contributed by atoms with Crippen molar-refractivity contribution in [1.82, 2.24) is 0 Å². The minimum atomic E-state index is -1.28. The molecule has 0 aromatic heterocycles. The summed E-state index contributed by atoms with van der Waals surface area (Å²) in [7, 11) is 0. The Morgan fingerprint density at radius 2 is 1.86 bits per heavy atom. The third kappa shape index (κ3) is 3.74. The summed E-state index contributed by atoms with van der Waals surface area (Å²) in [4.78, 5) is 10.8. The van der Waals surface area contributed by atoms with Crippen molar-refractivity contribution in [3.63, 3.8) is 0 Å². The predicted octanol–water partition coefficient (Wildman–Crippen LogP) is 3.19. The van der Waals surface area contributed by atoms with Crippen molar-refractivity contribution in [3.8, 4) is 0 Å². The molecule has 4 nitrogen and oxygen atoms in total. The highest BCUT2D eigenvalue weighted by molar-refractivity contribution is 6.34. The van der Waals surface area contributed by atoms with Crippen molar-refractivity contribution >= 4 is 40.6 Å². The quantitative estimate of drug-likeness (QED) is 0.694. The fourth-order valence-corrected chi connectivity index (χ4v) is 2.13. The zero-order chi connectivity index (χ0) is 15.4. The van der Waals surface area contributed by atoms with Crippen LogP contribution in [0.25, 0.3) is 0 Å². The average molecular weight is 322 g/mol. The summed E-state index contributed by atoms with van der Waals surface area (Å²) >= 11 is 12.1. The first kappa shape index (κ1) is 15.4. The van der Waals surface area contributed by atoms with Crippen LogP contribution in [-0.2, 0) is 0 Å². The van der Waals surface area contributed by atoms with E-state index in [4.69, 9.17) is 23.2 Å². The Hall–Kier alpha value is -2.04. The summed E-state index contributed by atoms with van der Waals surface area (Å²) in [5, 5.41) is 15.9. The van der Waals surface area contributed by atoms with Crippen molar-refractivity contribution < 1.29 is 9.90 Å². The standard InChI is InChI=1S/C15H12Cl2N2O2/c1-9(11-4-2-3-5-12(11)16)18-19-14-8-10(15(20)21)6-7-13(14)17/h2-8,19H,1H3,(H,20,21)/p-1/b18-9-. The van der Waals surface area contributed by atoms with Crippen molar-refractivity contribution in [1.29, 1.82) is 0 Å². The highest BCUT2D eigenvalue weighted by Crippen LogP contribution is 2.23. The largest absolute Gasteiger partial charge is 0.545 e. The average Bonchev–Trinajstić information content (AvgIpc) is 2.46. The van der Waals surface area contributed by atoms with Gasteiger partial charge in [0.15, 0.2) is 0 Å². The molecule has 0 aliphatic carbocycles. The van der Waals surface area contributed by atoms with Gasteiger partial charge in [-0.1, -0.05) is 47.5 Å². The highest BCUT2D eigenvalue weighted by atomic mass is 35.5. The third-order valence-electron chi connectivity index (χ3n) is 2.81. The van der Waals surface area contributed by atoms with Crippen LogP contribution in [0.1, 0.15) is 22.8 Å². The van der Waals surface area contributed by atoms with Gasteiger partial charge in [-0.05, 0) is 30.7 Å². The Balaban J connectivity index is 2.26. The van der Waals surface area contributed by atoms with Crippen molar-refractivity contribution in [2.24, 2.45) is 5.10 Å². The molecule has 0 aliphatic heterocycles. The van der Waals surface area contributed by atoms with E-state index >= 15 is 0 Å². The maximum atomic E-state index is 10.8. The molecular weight excluding hydrogens is 311 g/mol. The number of carboxylic acid groups (broad SMARTS) is 1. The van der Waals surface area contributed by atoms with Gasteiger partial charge in [0.1, 0.15) is 0 Å². The number of halogens is 2. The normalized spacial score (nSPS) is 11.3. The minimum Gasteiger partial charge on any atom is -0.545 e. The summed E-state index contributed by atoms with van der Waals surface area (Å²) in [6.07, 6.45) is 0. The number of hydrazone groups is 1. The molecular formula is C15H11Cl2N2O2-. The summed E-state index contributed by atoms with van der Waals surface area (Å²) in [6, 6.07) is 11.5. The summed E-state index contributed by atoms with van der Waals surface area (Å²) in [5.41, 5.74) is 4.57. The van der Waals surface area contributed by atoms with Crippen LogP contribution in [0.4, 0.5) is 5.69 Å². The molecule has 2 aromatic rings. The van der Waals surface area contributed by atoms with Gasteiger partial charge in [0, 0.05) is 10.6 Å². The summed E-state index contributed by atoms with van der Waals surface area (Å²) < 4.78 is 0. The summed E-state index contributed by atoms with van der Waals surface area (Å²) in [6.45, 7) is 1.78. The number of carboxylic acids is 1. The Morgan fingerprint density at radius 3 is 2.52 bits per heavy atom. The number of aromatic carboxylic acids is 1. The fraction of sp³-hybridized carbons (Fsp3) is 0.0667. The lowest BCUT2D eigenvalue weighted by molar-refractivity contribution is -0.255. The van der Waals surface area contributed by atoms with Crippen LogP contribution in [0.15, 0.2) is 47.6 Å². The number of hydrogen-bond acceptors (Lipinski definition) is 4. The Bertz CT molecular complexity index is 715. The lowest BCUT2D eigenvalue weighted by Gasteiger charge is -2.09. The predicted molar refractivity (Wildman–Crippen MR) is 83.1 cm³/mol. The first-order valence-electron chi connectivity index (χ1n) is 6.05. The lowest BCUT2D eigenvalue weighted by Crippen LogP contribution is -2.22. The smallest absolute Gasteiger partial charge is 0.0754 e. The van der Waals surface area contributed by atoms with Gasteiger partial charge in [0.25, 0.3) is 0 Å². The van der Waals surface area contributed by atoms with E-state index in [0.29, 0.717) is 21.4 Å². The number of nitrogens with zero attached hydrogens (tertiary/aromatic N) is 1. The van der Waals surface area contributed by atoms with Gasteiger partial charge in [0.2, 0.25) is 0 Å². The number of carbonyl (C=O) groups is 1. The zero-order valence-electron chi connectivity index (χ0n) is 11.1. The number of carbonyl (C=O) groups excluding carboxylic acids is 1. The molecule has 0 fully saturated rings. The van der Waals surface area contributed by atoms with Crippen LogP contribution in [-0.4, -0.2) is 11.7 Å². The molecule has 0 unspecified atom stereocenters. The number of rotatable bonds is 4. The van der Waals surface area contributed by atoms with Gasteiger partial charge < -0.3 is 9.90 Å². The molecule has 2 rings (SSSR count). The van der Waals surface area contributed by atoms with Crippen LogP contribution in [0.2, 0.25) is 10.0 Å². The second kappa shape index (κ2) is 6.61. The van der Waals surface area contributed by atoms with Gasteiger partial charge in [-0.2, -0.15) is 5.10 Å². The van der Waals surface area contributed by atoms with Crippen LogP contribution < -0.4 is 10.5 Å². The van der Waals surface area contributed by atoms with E-state index in [1.165, 1.54) is 18.2 Å². The van der Waals surface area contributed by atoms with Gasteiger partial charge >= 0.3 is 0 Å². The molecule has 21 heavy (non-hydrogen) atoms. The van der Waals surface area contributed by atoms with E-state index in [0.717, 1.165) is 5.56 Å². The number of nitrogens with one attached hydrogen (secondary N) is 1. The molecule has 0 bridgehead atoms. The first-order valence-corrected chi connectivity index (χ1v) is 6.80. The van der Waals surface area contributed by atoms with E-state index in [-0.39, 0.29) is 5.56 Å². The van der Waals surface area contributed by atoms with Gasteiger partial charge in [0.05, 0.1) is 22.4 Å². The van der Waals surface area contributed by atoms with Crippen LogP contribution in [0, 0.1) is 0 Å². The number of benzene rings is 2. The second-order valence-electron chi connectivity index (χ2n) is 4.27. The monoisotopic (exact) mass is 321 g/mol. The van der Waals surface area contributed by atoms with Crippen molar-refractivity contribution in [2.45, 2.75) is 6.92 Å². The summed E-state index contributed by atoms with van der Waals surface area (Å²) in [5.74, 6) is -1.28. The zero-order valence-corrected chi connectivity index (χ0v) is 12.6. The molecule has 0 radical (unpaired) electrons. The molecule has 6 heteroatoms. The molecule has 0 aliphatic rings. The van der Waals surface area contributed by atoms with E-state index < -0.39 is 5.97 Å². The van der Waals surface area contributed by atoms with E-state index in [2.05, 4.69) is 10.5 Å². The van der Waals surface area contributed by atoms with Crippen molar-refractivity contribution in [2.75, 3.05) is 5.43 Å². The van der Waals surface area contributed by atoms with Crippen LogP contribution in [0.3, 0.4) is 0 Å². The molecule has 1 N–H and O–H groups in total. The lowest BCUT2D eigenvalue weighted by atomic mass is 10.1. The maximum absolute atomic E-state index is 10.8. The Morgan fingerprint density at radius 1 is 1.14 bits per heavy atom. The molecule has 2 aromatic carbocycles. The minimum absolute atomic E-state index is 0.0208. The molecule has 0 heterocycles. The molecule has 0 spiro atoms. The fourth-order valence-electron chi connectivity index (χ4n) is 1.70. The van der Waals surface area contributed by atoms with Gasteiger partial charge in [-0.3, -0.25) is 5.43 Å². The molecule has 0 amide bonds. The van der Waals surface area contributed by atoms with Crippen molar-refractivity contribution in [3.05, 3.63) is 63.6 Å². The SMILES string of the molecule is C/C(=N/Nc1cc(C(=O)[O-])ccc1Cl)c1ccccc1Cl. The molecule has 0 atom stereocenters. The topological polar surface area (TPSA) is 64.5 Å². The third-order valence-corrected chi connectivity index (χ3v) is 3.47. The maximum Gasteiger partial charge on any atom is 0.0754 e. The van der Waals surface area contributed by atoms with E-state index in [1.807, 2.05) is 18.2 Å². The van der Waals surface area contributed by atoms with Gasteiger partial charge in [-0.25, -0.2) is 0 Å². The number of hydrogen-bond donors (Lipinski definition) is 1. The second-order valence-corrected chi connectivity index (χ2v) is 5.09. The van der Waals surface area contributed by atoms with Crippen LogP contribution >= 0.6 is 23.2 Å². The number of anilines is 1. The first-order chi connectivity index (χ1) is 9.99. The Labute approximate surface area is 132 Å².